The van der Waals surface area contributed by atoms with Gasteiger partial charge in [0.2, 0.25) is 0 Å². The molecule has 0 aliphatic rings. The van der Waals surface area contributed by atoms with Gasteiger partial charge in [-0.3, -0.25) is 0 Å². The van der Waals surface area contributed by atoms with E-state index in [0.29, 0.717) is 0 Å². The summed E-state index contributed by atoms with van der Waals surface area (Å²) in [6, 6.07) is 65.6. The Balaban J connectivity index is 1.44. The monoisotopic (exact) mass is 625 g/mol. The van der Waals surface area contributed by atoms with E-state index in [1.165, 1.54) is 37.0 Å². The van der Waals surface area contributed by atoms with E-state index in [0.717, 1.165) is 0 Å². The first-order valence-corrected chi connectivity index (χ1v) is 20.4. The molecule has 1 atom stereocenters. The topological polar surface area (TPSA) is 0 Å². The molecule has 6 rings (SSSR count). The Kier molecular flexibility index (Phi) is 9.56. The summed E-state index contributed by atoms with van der Waals surface area (Å²) in [6.07, 6.45) is 2.34. The van der Waals surface area contributed by atoms with E-state index in [-0.39, 0.29) is 0 Å². The second-order valence-electron chi connectivity index (χ2n) is 9.93. The quantitative estimate of drug-likeness (QED) is 0.134. The molecular formula is C38H33GeP2. The summed E-state index contributed by atoms with van der Waals surface area (Å²) < 4.78 is 4.60. The van der Waals surface area contributed by atoms with Crippen molar-refractivity contribution in [2.24, 2.45) is 0 Å². The van der Waals surface area contributed by atoms with Crippen LogP contribution in [-0.2, 0) is 0 Å². The first kappa shape index (κ1) is 27.9. The van der Waals surface area contributed by atoms with E-state index >= 15 is 0 Å². The van der Waals surface area contributed by atoms with Crippen molar-refractivity contribution in [2.75, 3.05) is 12.3 Å². The molecule has 41 heavy (non-hydrogen) atoms. The first-order valence-electron chi connectivity index (χ1n) is 14.2. The minimum atomic E-state index is -2.05. The zero-order valence-electron chi connectivity index (χ0n) is 23.1. The third-order valence-corrected chi connectivity index (χ3v) is 19.1. The predicted octanol–water partition coefficient (Wildman–Crippen LogP) is 5.77. The molecule has 0 aliphatic carbocycles. The molecule has 1 radical (unpaired) electrons. The fourth-order valence-electron chi connectivity index (χ4n) is 5.43. The molecule has 0 saturated carbocycles. The average Bonchev–Trinajstić information content (AvgIpc) is 3.06. The zero-order valence-corrected chi connectivity index (χ0v) is 26.9. The van der Waals surface area contributed by atoms with Crippen molar-refractivity contribution in [3.63, 3.8) is 0 Å². The van der Waals surface area contributed by atoms with Crippen LogP contribution >= 0.6 is 15.8 Å². The van der Waals surface area contributed by atoms with Gasteiger partial charge in [0.15, 0.2) is 0 Å². The van der Waals surface area contributed by atoms with E-state index in [1.54, 1.807) is 9.70 Å². The molecule has 1 unspecified atom stereocenters. The van der Waals surface area contributed by atoms with Crippen molar-refractivity contribution in [3.8, 4) is 0 Å². The Bertz CT molecular complexity index is 1550. The van der Waals surface area contributed by atoms with Crippen molar-refractivity contribution in [1.82, 2.24) is 0 Å². The maximum absolute atomic E-state index is 2.44. The molecule has 0 heterocycles. The van der Waals surface area contributed by atoms with Crippen LogP contribution in [0.4, 0.5) is 0 Å². The first-order chi connectivity index (χ1) is 20.4. The summed E-state index contributed by atoms with van der Waals surface area (Å²) in [4.78, 5) is 0. The van der Waals surface area contributed by atoms with Crippen molar-refractivity contribution in [2.45, 2.75) is 0 Å². The Morgan fingerprint density at radius 3 is 1.15 bits per heavy atom. The molecule has 0 nitrogen and oxygen atoms in total. The van der Waals surface area contributed by atoms with Crippen molar-refractivity contribution in [3.05, 3.63) is 176 Å². The fraction of sp³-hybridized carbons (Fsp3) is 0.0526. The molecule has 6 aromatic rings. The molecule has 0 fully saturated rings. The predicted molar refractivity (Wildman–Crippen MR) is 185 cm³/mol. The van der Waals surface area contributed by atoms with Crippen LogP contribution in [0.5, 0.6) is 0 Å². The Labute approximate surface area is 251 Å². The van der Waals surface area contributed by atoms with Crippen molar-refractivity contribution < 1.29 is 0 Å². The van der Waals surface area contributed by atoms with Crippen LogP contribution in [0, 0.1) is 0 Å². The summed E-state index contributed by atoms with van der Waals surface area (Å²) in [5.74, 6) is 0. The summed E-state index contributed by atoms with van der Waals surface area (Å²) >= 11 is -2.05. The van der Waals surface area contributed by atoms with E-state index < -0.39 is 30.2 Å². The van der Waals surface area contributed by atoms with Crippen LogP contribution in [0.3, 0.4) is 0 Å². The van der Waals surface area contributed by atoms with Crippen molar-refractivity contribution in [1.29, 1.82) is 0 Å². The van der Waals surface area contributed by atoms with Crippen LogP contribution in [0.25, 0.3) is 0 Å². The number of hydrogen-bond donors (Lipinski definition) is 0. The Morgan fingerprint density at radius 2 is 0.683 bits per heavy atom. The van der Waals surface area contributed by atoms with Crippen LogP contribution in [0.1, 0.15) is 0 Å². The molecule has 199 valence electrons. The van der Waals surface area contributed by atoms with Gasteiger partial charge in [-0.1, -0.05) is 0 Å². The summed E-state index contributed by atoms with van der Waals surface area (Å²) in [7, 11) is -0.987. The number of hydrogen-bond acceptors (Lipinski definition) is 0. The van der Waals surface area contributed by atoms with E-state index in [1.807, 2.05) is 0 Å². The molecule has 3 heteroatoms. The van der Waals surface area contributed by atoms with E-state index in [4.69, 9.17) is 0 Å². The zero-order chi connectivity index (χ0) is 27.7. The third-order valence-electron chi connectivity index (χ3n) is 7.34. The average molecular weight is 624 g/mol. The van der Waals surface area contributed by atoms with Gasteiger partial charge in [0.05, 0.1) is 0 Å². The second kappa shape index (κ2) is 14.1. The normalized spacial score (nSPS) is 12.0. The molecule has 0 spiro atoms. The maximum atomic E-state index is 2.44. The Morgan fingerprint density at radius 1 is 0.341 bits per heavy atom. The summed E-state index contributed by atoms with van der Waals surface area (Å²) in [5.41, 5.74) is 0. The van der Waals surface area contributed by atoms with Crippen molar-refractivity contribution >= 4 is 64.6 Å². The van der Waals surface area contributed by atoms with E-state index in [9.17, 15) is 0 Å². The van der Waals surface area contributed by atoms with Gasteiger partial charge in [-0.15, -0.1) is 0 Å². The van der Waals surface area contributed by atoms with Gasteiger partial charge >= 0.3 is 253 Å². The van der Waals surface area contributed by atoms with Gasteiger partial charge in [-0.05, 0) is 0 Å². The van der Waals surface area contributed by atoms with Gasteiger partial charge in [0.25, 0.3) is 0 Å². The molecule has 0 N–H and O–H groups in total. The van der Waals surface area contributed by atoms with Crippen LogP contribution in [0.2, 0.25) is 0 Å². The fourth-order valence-corrected chi connectivity index (χ4v) is 17.8. The molecular weight excluding hydrogens is 591 g/mol. The van der Waals surface area contributed by atoms with E-state index in [2.05, 4.69) is 176 Å². The molecule has 0 amide bonds. The number of rotatable bonds is 10. The van der Waals surface area contributed by atoms with Gasteiger partial charge in [0.1, 0.15) is 0 Å². The minimum absolute atomic E-state index is 0.447. The van der Waals surface area contributed by atoms with Crippen LogP contribution in [0.15, 0.2) is 176 Å². The molecule has 0 aliphatic heterocycles. The van der Waals surface area contributed by atoms with Gasteiger partial charge in [0, 0.05) is 0 Å². The van der Waals surface area contributed by atoms with Crippen LogP contribution in [-0.4, -0.2) is 26.7 Å². The molecule has 0 aromatic heterocycles. The Hall–Kier alpha value is -3.28. The summed E-state index contributed by atoms with van der Waals surface area (Å²) in [5, 5.41) is 5.97. The molecule has 0 bridgehead atoms. The van der Waals surface area contributed by atoms with Gasteiger partial charge < -0.3 is 0 Å². The second-order valence-corrected chi connectivity index (χ2v) is 19.7. The van der Waals surface area contributed by atoms with Crippen LogP contribution < -0.4 is 34.4 Å². The standard InChI is InChI=1S/C38H33GeP2/c1-6-18-32(19-7-1)39(33-20-8-2-9-21-33)37-28-16-17-29-38(37)41(36-26-14-5-15-27-36)31-30-40(34-22-10-3-11-23-34)35-24-12-4-13-25-35/h1-29H,30-31H2. The third kappa shape index (κ3) is 6.79. The van der Waals surface area contributed by atoms with Gasteiger partial charge in [-0.25, -0.2) is 0 Å². The summed E-state index contributed by atoms with van der Waals surface area (Å²) in [6.45, 7) is 0. The molecule has 6 aromatic carbocycles. The van der Waals surface area contributed by atoms with Gasteiger partial charge in [-0.2, -0.15) is 0 Å². The SMILES string of the molecule is c1ccc(P(CCP(c2ccccc2)c2cccc[c]2[Ge]([c]2ccccc2)[c]2ccccc2)c2ccccc2)cc1. The number of benzene rings is 6. The molecule has 0 saturated heterocycles.